The van der Waals surface area contributed by atoms with Crippen molar-refractivity contribution in [2.75, 3.05) is 5.73 Å². The van der Waals surface area contributed by atoms with Gasteiger partial charge in [-0.25, -0.2) is 4.98 Å². The summed E-state index contributed by atoms with van der Waals surface area (Å²) in [6, 6.07) is 6.03. The number of hydrogen-bond acceptors (Lipinski definition) is 2. The quantitative estimate of drug-likeness (QED) is 0.816. The summed E-state index contributed by atoms with van der Waals surface area (Å²) in [5.41, 5.74) is 8.29. The number of fused-ring (bicyclic) bond motifs is 1. The van der Waals surface area contributed by atoms with Gasteiger partial charge in [0.2, 0.25) is 0 Å². The predicted octanol–water partition coefficient (Wildman–Crippen LogP) is 3.21. The summed E-state index contributed by atoms with van der Waals surface area (Å²) in [5.74, 6) is 2.26. The number of pyridine rings is 1. The lowest BCUT2D eigenvalue weighted by Crippen LogP contribution is -2.12. The maximum Gasteiger partial charge on any atom is 0.138 e. The minimum Gasteiger partial charge on any atom is -0.383 e. The average molecular weight is 229 g/mol. The number of nitrogen functional groups attached to an aromatic ring is 1. The maximum atomic E-state index is 6.20. The van der Waals surface area contributed by atoms with Crippen LogP contribution in [0, 0.1) is 5.92 Å². The van der Waals surface area contributed by atoms with E-state index in [4.69, 9.17) is 10.7 Å². The summed E-state index contributed by atoms with van der Waals surface area (Å²) < 4.78 is 1.99. The predicted molar refractivity (Wildman–Crippen MR) is 70.0 cm³/mol. The summed E-state index contributed by atoms with van der Waals surface area (Å²) in [6.45, 7) is 2.34. The Labute approximate surface area is 102 Å². The van der Waals surface area contributed by atoms with Gasteiger partial charge in [-0.3, -0.25) is 4.40 Å². The molecular formula is C14H19N3. The molecule has 3 heteroatoms. The molecule has 0 bridgehead atoms. The molecular weight excluding hydrogens is 210 g/mol. The molecule has 1 aliphatic carbocycles. The molecule has 3 rings (SSSR count). The molecule has 2 aromatic rings. The third-order valence-electron chi connectivity index (χ3n) is 4.00. The maximum absolute atomic E-state index is 6.20. The molecule has 90 valence electrons. The highest BCUT2D eigenvalue weighted by Crippen LogP contribution is 2.37. The van der Waals surface area contributed by atoms with Crippen LogP contribution in [0.3, 0.4) is 0 Å². The summed E-state index contributed by atoms with van der Waals surface area (Å²) in [4.78, 5) is 4.70. The highest BCUT2D eigenvalue weighted by molar-refractivity contribution is 5.53. The molecule has 0 aliphatic heterocycles. The molecule has 2 N–H and O–H groups in total. The smallest absolute Gasteiger partial charge is 0.138 e. The van der Waals surface area contributed by atoms with E-state index in [9.17, 15) is 0 Å². The van der Waals surface area contributed by atoms with Gasteiger partial charge < -0.3 is 5.73 Å². The Kier molecular flexibility index (Phi) is 2.54. The largest absolute Gasteiger partial charge is 0.383 e. The van der Waals surface area contributed by atoms with E-state index in [1.807, 2.05) is 28.8 Å². The molecule has 0 radical (unpaired) electrons. The van der Waals surface area contributed by atoms with Crippen LogP contribution in [0.15, 0.2) is 24.4 Å². The molecule has 0 unspecified atom stereocenters. The zero-order valence-electron chi connectivity index (χ0n) is 10.3. The average Bonchev–Trinajstić information content (AvgIpc) is 2.69. The first-order valence-corrected chi connectivity index (χ1v) is 6.48. The van der Waals surface area contributed by atoms with E-state index < -0.39 is 0 Å². The first-order valence-electron chi connectivity index (χ1n) is 6.48. The van der Waals surface area contributed by atoms with Gasteiger partial charge in [0.1, 0.15) is 11.5 Å². The molecule has 2 heterocycles. The van der Waals surface area contributed by atoms with Crippen LogP contribution >= 0.6 is 0 Å². The third-order valence-corrected chi connectivity index (χ3v) is 4.00. The van der Waals surface area contributed by atoms with Gasteiger partial charge in [0, 0.05) is 12.1 Å². The number of rotatable bonds is 1. The van der Waals surface area contributed by atoms with E-state index in [2.05, 4.69) is 6.92 Å². The van der Waals surface area contributed by atoms with E-state index >= 15 is 0 Å². The van der Waals surface area contributed by atoms with Gasteiger partial charge in [0.25, 0.3) is 0 Å². The molecule has 2 aromatic heterocycles. The minimum atomic E-state index is 0.561. The first kappa shape index (κ1) is 10.6. The highest BCUT2D eigenvalue weighted by Gasteiger charge is 2.24. The molecule has 17 heavy (non-hydrogen) atoms. The third kappa shape index (κ3) is 1.79. The van der Waals surface area contributed by atoms with Crippen molar-refractivity contribution in [1.82, 2.24) is 9.38 Å². The molecule has 0 atom stereocenters. The zero-order valence-corrected chi connectivity index (χ0v) is 10.3. The van der Waals surface area contributed by atoms with Crippen LogP contribution in [-0.4, -0.2) is 9.38 Å². The molecule has 1 aliphatic rings. The monoisotopic (exact) mass is 229 g/mol. The van der Waals surface area contributed by atoms with Crippen LogP contribution in [-0.2, 0) is 0 Å². The summed E-state index contributed by atoms with van der Waals surface area (Å²) in [5, 5.41) is 0. The van der Waals surface area contributed by atoms with Crippen LogP contribution in [0.2, 0.25) is 0 Å². The van der Waals surface area contributed by atoms with Crippen molar-refractivity contribution in [1.29, 1.82) is 0 Å². The Morgan fingerprint density at radius 1 is 1.24 bits per heavy atom. The van der Waals surface area contributed by atoms with Crippen LogP contribution in [0.4, 0.5) is 5.82 Å². The van der Waals surface area contributed by atoms with Gasteiger partial charge in [-0.05, 0) is 30.9 Å². The normalized spacial score (nSPS) is 25.2. The molecule has 0 amide bonds. The minimum absolute atomic E-state index is 0.561. The van der Waals surface area contributed by atoms with Gasteiger partial charge >= 0.3 is 0 Å². The Bertz CT molecular complexity index is 521. The standard InChI is InChI=1S/C14H19N3/c1-10-5-7-11(8-6-10)13-14(15)17-9-3-2-4-12(17)16-13/h2-4,9-11H,5-8,15H2,1H3. The number of nitrogens with zero attached hydrogens (tertiary/aromatic N) is 2. The second-order valence-corrected chi connectivity index (χ2v) is 5.27. The van der Waals surface area contributed by atoms with Crippen molar-refractivity contribution < 1.29 is 0 Å². The fourth-order valence-corrected chi connectivity index (χ4v) is 2.87. The van der Waals surface area contributed by atoms with E-state index in [1.54, 1.807) is 0 Å². The van der Waals surface area contributed by atoms with Crippen LogP contribution in [0.1, 0.15) is 44.2 Å². The molecule has 0 spiro atoms. The van der Waals surface area contributed by atoms with E-state index in [1.165, 1.54) is 25.7 Å². The molecule has 0 aromatic carbocycles. The number of aromatic nitrogens is 2. The fraction of sp³-hybridized carbons (Fsp3) is 0.500. The summed E-state index contributed by atoms with van der Waals surface area (Å²) >= 11 is 0. The van der Waals surface area contributed by atoms with E-state index in [-0.39, 0.29) is 0 Å². The van der Waals surface area contributed by atoms with E-state index in [0.717, 1.165) is 23.1 Å². The topological polar surface area (TPSA) is 43.3 Å². The van der Waals surface area contributed by atoms with Crippen LogP contribution < -0.4 is 5.73 Å². The van der Waals surface area contributed by atoms with Gasteiger partial charge in [-0.15, -0.1) is 0 Å². The molecule has 1 fully saturated rings. The second-order valence-electron chi connectivity index (χ2n) is 5.27. The Morgan fingerprint density at radius 2 is 2.00 bits per heavy atom. The Morgan fingerprint density at radius 3 is 2.71 bits per heavy atom. The molecule has 1 saturated carbocycles. The molecule has 3 nitrogen and oxygen atoms in total. The van der Waals surface area contributed by atoms with E-state index in [0.29, 0.717) is 5.92 Å². The highest BCUT2D eigenvalue weighted by atomic mass is 15.1. The van der Waals surface area contributed by atoms with Crippen LogP contribution in [0.5, 0.6) is 0 Å². The van der Waals surface area contributed by atoms with Crippen molar-refractivity contribution in [2.45, 2.75) is 38.5 Å². The SMILES string of the molecule is CC1CCC(c2nc3ccccn3c2N)CC1. The lowest BCUT2D eigenvalue weighted by Gasteiger charge is -2.25. The van der Waals surface area contributed by atoms with Crippen molar-refractivity contribution in [3.63, 3.8) is 0 Å². The first-order chi connectivity index (χ1) is 8.25. The van der Waals surface area contributed by atoms with Crippen molar-refractivity contribution in [3.05, 3.63) is 30.1 Å². The Balaban J connectivity index is 1.97. The summed E-state index contributed by atoms with van der Waals surface area (Å²) in [7, 11) is 0. The second kappa shape index (κ2) is 4.06. The number of anilines is 1. The van der Waals surface area contributed by atoms with Crippen molar-refractivity contribution in [3.8, 4) is 0 Å². The van der Waals surface area contributed by atoms with Crippen molar-refractivity contribution >= 4 is 11.5 Å². The van der Waals surface area contributed by atoms with Crippen LogP contribution in [0.25, 0.3) is 5.65 Å². The Hall–Kier alpha value is -1.51. The zero-order chi connectivity index (χ0) is 11.8. The number of imidazole rings is 1. The van der Waals surface area contributed by atoms with Gasteiger partial charge in [0.05, 0.1) is 5.69 Å². The molecule has 0 saturated heterocycles. The lowest BCUT2D eigenvalue weighted by molar-refractivity contribution is 0.345. The van der Waals surface area contributed by atoms with Gasteiger partial charge in [0.15, 0.2) is 0 Å². The van der Waals surface area contributed by atoms with Gasteiger partial charge in [-0.2, -0.15) is 0 Å². The van der Waals surface area contributed by atoms with Gasteiger partial charge in [-0.1, -0.05) is 25.8 Å². The number of hydrogen-bond donors (Lipinski definition) is 1. The van der Waals surface area contributed by atoms with Crippen molar-refractivity contribution in [2.24, 2.45) is 5.92 Å². The summed E-state index contributed by atoms with van der Waals surface area (Å²) in [6.07, 6.45) is 7.06. The number of nitrogens with two attached hydrogens (primary N) is 1. The lowest BCUT2D eigenvalue weighted by atomic mass is 9.81. The fourth-order valence-electron chi connectivity index (χ4n) is 2.87.